The molecule has 41 heavy (non-hydrogen) atoms. The Morgan fingerprint density at radius 1 is 1.15 bits per heavy atom. The molecule has 2 aliphatic heterocycles. The molecule has 3 unspecified atom stereocenters. The van der Waals surface area contributed by atoms with Crippen LogP contribution in [0.5, 0.6) is 11.5 Å². The highest BCUT2D eigenvalue weighted by Crippen LogP contribution is 2.48. The third-order valence-electron chi connectivity index (χ3n) is 7.10. The van der Waals surface area contributed by atoms with E-state index in [0.717, 1.165) is 11.4 Å². The summed E-state index contributed by atoms with van der Waals surface area (Å²) in [4.78, 5) is 31.2. The van der Waals surface area contributed by atoms with Crippen LogP contribution >= 0.6 is 23.2 Å². The average Bonchev–Trinajstić information content (AvgIpc) is 3.38. The lowest BCUT2D eigenvalue weighted by Crippen LogP contribution is -2.51. The van der Waals surface area contributed by atoms with Crippen LogP contribution in [0, 0.1) is 0 Å². The molecule has 3 N–H and O–H groups in total. The highest BCUT2D eigenvalue weighted by molar-refractivity contribution is 6.41. The Labute approximate surface area is 247 Å². The summed E-state index contributed by atoms with van der Waals surface area (Å²) in [7, 11) is 4.68. The molecule has 0 aliphatic carbocycles. The van der Waals surface area contributed by atoms with Gasteiger partial charge in [0, 0.05) is 44.2 Å². The maximum atomic E-state index is 12.2. The number of carbonyl (C=O) groups is 1. The van der Waals surface area contributed by atoms with Gasteiger partial charge < -0.3 is 39.9 Å². The van der Waals surface area contributed by atoms with Crippen molar-refractivity contribution in [1.82, 2.24) is 20.3 Å². The molecule has 1 aromatic carbocycles. The Morgan fingerprint density at radius 2 is 1.85 bits per heavy atom. The van der Waals surface area contributed by atoms with Gasteiger partial charge in [0.25, 0.3) is 0 Å². The van der Waals surface area contributed by atoms with Gasteiger partial charge in [0.15, 0.2) is 0 Å². The first-order valence-corrected chi connectivity index (χ1v) is 13.5. The number of hydrogen-bond donors (Lipinski definition) is 3. The van der Waals surface area contributed by atoms with Crippen molar-refractivity contribution >= 4 is 52.4 Å². The minimum Gasteiger partial charge on any atom is -0.495 e. The van der Waals surface area contributed by atoms with Gasteiger partial charge in [-0.05, 0) is 18.2 Å². The van der Waals surface area contributed by atoms with Crippen molar-refractivity contribution in [2.75, 3.05) is 54.4 Å². The van der Waals surface area contributed by atoms with Crippen LogP contribution in [0.25, 0.3) is 0 Å². The highest BCUT2D eigenvalue weighted by Gasteiger charge is 2.37. The second-order valence-corrected chi connectivity index (χ2v) is 10.3. The predicted octanol–water partition coefficient (Wildman–Crippen LogP) is 2.90. The number of anilines is 4. The fourth-order valence-electron chi connectivity index (χ4n) is 5.02. The molecule has 0 saturated carbocycles. The number of aromatic nitrogens is 3. The number of pyridine rings is 1. The van der Waals surface area contributed by atoms with Crippen molar-refractivity contribution in [2.45, 2.75) is 25.0 Å². The largest absolute Gasteiger partial charge is 0.495 e. The van der Waals surface area contributed by atoms with Gasteiger partial charge in [-0.25, -0.2) is 9.97 Å². The van der Waals surface area contributed by atoms with Gasteiger partial charge in [0.2, 0.25) is 18.2 Å². The molecule has 216 valence electrons. The molecular formula is C27H30Cl2N8O4. The molecule has 4 heterocycles. The number of halogens is 2. The van der Waals surface area contributed by atoms with Gasteiger partial charge in [-0.2, -0.15) is 4.98 Å². The molecule has 0 radical (unpaired) electrons. The number of ether oxygens (including phenoxy) is 2. The average molecular weight is 601 g/mol. The van der Waals surface area contributed by atoms with Crippen LogP contribution in [0.1, 0.15) is 5.56 Å². The summed E-state index contributed by atoms with van der Waals surface area (Å²) in [6.45, 7) is 4.87. The summed E-state index contributed by atoms with van der Waals surface area (Å²) in [5.74, 6) is 2.11. The molecule has 2 aliphatic rings. The van der Waals surface area contributed by atoms with Crippen LogP contribution in [0.4, 0.5) is 23.3 Å². The van der Waals surface area contributed by atoms with Crippen LogP contribution in [0.15, 0.2) is 49.3 Å². The van der Waals surface area contributed by atoms with Crippen molar-refractivity contribution < 1.29 is 19.4 Å². The molecule has 0 spiro atoms. The second-order valence-electron chi connectivity index (χ2n) is 9.55. The smallest absolute Gasteiger partial charge is 0.243 e. The van der Waals surface area contributed by atoms with E-state index in [1.54, 1.807) is 35.3 Å². The summed E-state index contributed by atoms with van der Waals surface area (Å²) in [6.07, 6.45) is 3.49. The SMILES string of the molecule is C=CC(=O)NC1CN(c2ccccn2)CC1Nc1ncc2c(n1)N(C)C(O)N(c1c(Cl)c(OC)cc(OC)c1Cl)C2. The Bertz CT molecular complexity index is 1420. The van der Waals surface area contributed by atoms with Crippen molar-refractivity contribution in [2.24, 2.45) is 0 Å². The number of benzene rings is 1. The molecule has 5 rings (SSSR count). The third kappa shape index (κ3) is 5.50. The molecule has 3 aromatic rings. The van der Waals surface area contributed by atoms with Gasteiger partial charge in [-0.3, -0.25) is 4.79 Å². The van der Waals surface area contributed by atoms with E-state index >= 15 is 0 Å². The quantitative estimate of drug-likeness (QED) is 0.330. The zero-order valence-corrected chi connectivity index (χ0v) is 24.2. The number of amides is 1. The van der Waals surface area contributed by atoms with Gasteiger partial charge in [0.05, 0.1) is 38.5 Å². The fourth-order valence-corrected chi connectivity index (χ4v) is 5.74. The van der Waals surface area contributed by atoms with E-state index in [2.05, 4.69) is 32.1 Å². The lowest BCUT2D eigenvalue weighted by Gasteiger charge is -2.42. The van der Waals surface area contributed by atoms with Crippen molar-refractivity contribution in [3.63, 3.8) is 0 Å². The maximum absolute atomic E-state index is 12.2. The zero-order valence-electron chi connectivity index (χ0n) is 22.7. The first-order valence-electron chi connectivity index (χ1n) is 12.7. The van der Waals surface area contributed by atoms with Crippen molar-refractivity contribution in [1.29, 1.82) is 0 Å². The Kier molecular flexibility index (Phi) is 8.25. The van der Waals surface area contributed by atoms with Gasteiger partial charge in [-0.1, -0.05) is 35.8 Å². The summed E-state index contributed by atoms with van der Waals surface area (Å²) >= 11 is 13.3. The molecule has 1 saturated heterocycles. The maximum Gasteiger partial charge on any atom is 0.243 e. The van der Waals surface area contributed by atoms with Crippen LogP contribution in [-0.4, -0.2) is 78.8 Å². The summed E-state index contributed by atoms with van der Waals surface area (Å²) in [6, 6.07) is 6.80. The van der Waals surface area contributed by atoms with Crippen molar-refractivity contribution in [3.05, 3.63) is 64.9 Å². The van der Waals surface area contributed by atoms with Crippen molar-refractivity contribution in [3.8, 4) is 11.5 Å². The van der Waals surface area contributed by atoms with E-state index in [-0.39, 0.29) is 34.6 Å². The summed E-state index contributed by atoms with van der Waals surface area (Å²) in [5, 5.41) is 18.1. The van der Waals surface area contributed by atoms with E-state index in [9.17, 15) is 9.90 Å². The number of methoxy groups -OCH3 is 2. The fraction of sp³-hybridized carbons (Fsp3) is 0.333. The molecular weight excluding hydrogens is 571 g/mol. The number of nitrogens with zero attached hydrogens (tertiary/aromatic N) is 6. The third-order valence-corrected chi connectivity index (χ3v) is 7.83. The van der Waals surface area contributed by atoms with E-state index < -0.39 is 6.35 Å². The minimum absolute atomic E-state index is 0.214. The predicted molar refractivity (Wildman–Crippen MR) is 158 cm³/mol. The number of nitrogens with one attached hydrogen (secondary N) is 2. The second kappa shape index (κ2) is 11.9. The van der Waals surface area contributed by atoms with E-state index in [1.807, 2.05) is 18.2 Å². The van der Waals surface area contributed by atoms with Gasteiger partial charge in [0.1, 0.15) is 33.2 Å². The van der Waals surface area contributed by atoms with E-state index in [4.69, 9.17) is 37.7 Å². The van der Waals surface area contributed by atoms with Gasteiger partial charge >= 0.3 is 0 Å². The van der Waals surface area contributed by atoms with E-state index in [0.29, 0.717) is 42.0 Å². The van der Waals surface area contributed by atoms with E-state index in [1.165, 1.54) is 20.3 Å². The van der Waals surface area contributed by atoms with Gasteiger partial charge in [-0.15, -0.1) is 0 Å². The Balaban J connectivity index is 1.41. The molecule has 14 heteroatoms. The minimum atomic E-state index is -1.16. The Hall–Kier alpha value is -4.00. The Morgan fingerprint density at radius 3 is 2.49 bits per heavy atom. The van der Waals surface area contributed by atoms with Crippen LogP contribution in [0.3, 0.4) is 0 Å². The molecule has 0 bridgehead atoms. The molecule has 3 atom stereocenters. The lowest BCUT2D eigenvalue weighted by molar-refractivity contribution is -0.117. The van der Waals surface area contributed by atoms with Crippen LogP contribution < -0.4 is 34.8 Å². The van der Waals surface area contributed by atoms with Crippen LogP contribution in [0.2, 0.25) is 10.0 Å². The topological polar surface area (TPSA) is 128 Å². The number of carbonyl (C=O) groups excluding carboxylic acids is 1. The molecule has 1 fully saturated rings. The first kappa shape index (κ1) is 28.5. The first-order chi connectivity index (χ1) is 19.7. The number of aliphatic hydroxyl groups is 1. The highest BCUT2D eigenvalue weighted by atomic mass is 35.5. The lowest BCUT2D eigenvalue weighted by atomic mass is 10.1. The summed E-state index contributed by atoms with van der Waals surface area (Å²) < 4.78 is 10.8. The number of hydrogen-bond acceptors (Lipinski definition) is 11. The normalized spacial score (nSPS) is 20.0. The monoisotopic (exact) mass is 600 g/mol. The van der Waals surface area contributed by atoms with Crippen LogP contribution in [-0.2, 0) is 11.3 Å². The standard InChI is InChI=1S/C27H30Cl2N8O4/c1-5-21(38)32-16-13-36(20-8-6-7-9-30-20)14-17(16)33-26-31-11-15-12-37(27(39)35(2)25(15)34-26)24-22(28)18(40-3)10-19(41-4)23(24)29/h5-11,16-17,27,39H,1,12-14H2,2-4H3,(H,32,38)(H,31,33,34). The number of aliphatic hydroxyl groups excluding tert-OH is 1. The molecule has 2 aromatic heterocycles. The summed E-state index contributed by atoms with van der Waals surface area (Å²) in [5.41, 5.74) is 1.09. The molecule has 1 amide bonds. The number of fused-ring (bicyclic) bond motifs is 1. The zero-order chi connectivity index (χ0) is 29.3. The number of rotatable bonds is 8. The molecule has 12 nitrogen and oxygen atoms in total.